The fraction of sp³-hybridized carbons (Fsp3) is 0.625. The lowest BCUT2D eigenvalue weighted by Gasteiger charge is -2.03. The van der Waals surface area contributed by atoms with Gasteiger partial charge in [-0.2, -0.15) is 0 Å². The fourth-order valence-corrected chi connectivity index (χ4v) is 1.15. The summed E-state index contributed by atoms with van der Waals surface area (Å²) in [6, 6.07) is 0. The SMILES string of the molecule is C#C[C@@]1(C(=O)OC)C[C@H]1C. The molecule has 0 spiro atoms. The van der Waals surface area contributed by atoms with Crippen LogP contribution in [-0.2, 0) is 9.53 Å². The van der Waals surface area contributed by atoms with Gasteiger partial charge in [-0.1, -0.05) is 12.8 Å². The van der Waals surface area contributed by atoms with Crippen LogP contribution in [0.2, 0.25) is 0 Å². The summed E-state index contributed by atoms with van der Waals surface area (Å²) in [4.78, 5) is 11.0. The zero-order valence-corrected chi connectivity index (χ0v) is 6.18. The second-order valence-corrected chi connectivity index (χ2v) is 2.71. The van der Waals surface area contributed by atoms with Crippen molar-refractivity contribution >= 4 is 5.97 Å². The van der Waals surface area contributed by atoms with Crippen molar-refractivity contribution in [2.24, 2.45) is 11.3 Å². The Labute approximate surface area is 60.6 Å². The minimum Gasteiger partial charge on any atom is -0.468 e. The molecular weight excluding hydrogens is 128 g/mol. The summed E-state index contributed by atoms with van der Waals surface area (Å²) in [5.74, 6) is 2.51. The van der Waals surface area contributed by atoms with Crippen LogP contribution in [0.5, 0.6) is 0 Å². The molecule has 2 heteroatoms. The molecule has 0 amide bonds. The van der Waals surface area contributed by atoms with Crippen molar-refractivity contribution in [3.8, 4) is 12.3 Å². The largest absolute Gasteiger partial charge is 0.468 e. The van der Waals surface area contributed by atoms with Crippen LogP contribution in [-0.4, -0.2) is 13.1 Å². The Bertz CT molecular complexity index is 202. The lowest BCUT2D eigenvalue weighted by Crippen LogP contribution is -2.17. The molecule has 54 valence electrons. The summed E-state index contributed by atoms with van der Waals surface area (Å²) in [6.07, 6.45) is 5.96. The van der Waals surface area contributed by atoms with Crippen molar-refractivity contribution in [1.82, 2.24) is 0 Å². The van der Waals surface area contributed by atoms with E-state index in [1.807, 2.05) is 6.92 Å². The van der Waals surface area contributed by atoms with Gasteiger partial charge in [0.05, 0.1) is 7.11 Å². The van der Waals surface area contributed by atoms with Crippen molar-refractivity contribution in [2.45, 2.75) is 13.3 Å². The molecule has 1 rings (SSSR count). The van der Waals surface area contributed by atoms with Gasteiger partial charge in [-0.25, -0.2) is 0 Å². The van der Waals surface area contributed by atoms with Crippen molar-refractivity contribution in [3.05, 3.63) is 0 Å². The summed E-state index contributed by atoms with van der Waals surface area (Å²) >= 11 is 0. The van der Waals surface area contributed by atoms with Gasteiger partial charge in [0, 0.05) is 0 Å². The smallest absolute Gasteiger partial charge is 0.324 e. The Kier molecular flexibility index (Phi) is 1.44. The van der Waals surface area contributed by atoms with Gasteiger partial charge in [-0.05, 0) is 12.3 Å². The quantitative estimate of drug-likeness (QED) is 0.396. The van der Waals surface area contributed by atoms with Crippen LogP contribution in [0.1, 0.15) is 13.3 Å². The second kappa shape index (κ2) is 2.02. The summed E-state index contributed by atoms with van der Waals surface area (Å²) in [6.45, 7) is 1.96. The first-order chi connectivity index (χ1) is 4.67. The van der Waals surface area contributed by atoms with Gasteiger partial charge in [0.25, 0.3) is 0 Å². The molecule has 1 fully saturated rings. The lowest BCUT2D eigenvalue weighted by atomic mass is 10.1. The molecular formula is C8H10O2. The Morgan fingerprint density at radius 2 is 2.40 bits per heavy atom. The molecule has 1 aliphatic rings. The van der Waals surface area contributed by atoms with Gasteiger partial charge in [-0.15, -0.1) is 6.42 Å². The first kappa shape index (κ1) is 7.14. The van der Waals surface area contributed by atoms with Gasteiger partial charge in [0.1, 0.15) is 5.41 Å². The van der Waals surface area contributed by atoms with E-state index < -0.39 is 5.41 Å². The van der Waals surface area contributed by atoms with E-state index in [0.717, 1.165) is 6.42 Å². The maximum atomic E-state index is 11.0. The van der Waals surface area contributed by atoms with E-state index in [9.17, 15) is 4.79 Å². The average molecular weight is 138 g/mol. The standard InChI is InChI=1S/C8H10O2/c1-4-8(5-6(8)2)7(9)10-3/h1,6H,5H2,2-3H3/t6-,8-/m1/s1. The monoisotopic (exact) mass is 138 g/mol. The van der Waals surface area contributed by atoms with Crippen LogP contribution >= 0.6 is 0 Å². The number of carbonyl (C=O) groups excluding carboxylic acids is 1. The summed E-state index contributed by atoms with van der Waals surface area (Å²) in [5, 5.41) is 0. The van der Waals surface area contributed by atoms with Crippen LogP contribution in [0.3, 0.4) is 0 Å². The van der Waals surface area contributed by atoms with E-state index in [2.05, 4.69) is 10.7 Å². The molecule has 0 aromatic rings. The minimum atomic E-state index is -0.575. The molecule has 0 saturated heterocycles. The third-order valence-corrected chi connectivity index (χ3v) is 2.12. The molecule has 0 radical (unpaired) electrons. The molecule has 0 aromatic carbocycles. The number of hydrogen-bond acceptors (Lipinski definition) is 2. The van der Waals surface area contributed by atoms with Crippen LogP contribution in [0.15, 0.2) is 0 Å². The van der Waals surface area contributed by atoms with Gasteiger partial charge >= 0.3 is 5.97 Å². The highest BCUT2D eigenvalue weighted by Gasteiger charge is 2.57. The average Bonchev–Trinajstić information content (AvgIpc) is 2.61. The number of hydrogen-bond donors (Lipinski definition) is 0. The van der Waals surface area contributed by atoms with E-state index in [1.165, 1.54) is 7.11 Å². The summed E-state index contributed by atoms with van der Waals surface area (Å²) in [5.41, 5.74) is -0.575. The normalized spacial score (nSPS) is 36.3. The molecule has 0 bridgehead atoms. The zero-order valence-electron chi connectivity index (χ0n) is 6.18. The molecule has 2 atom stereocenters. The molecule has 0 aromatic heterocycles. The van der Waals surface area contributed by atoms with Crippen molar-refractivity contribution in [3.63, 3.8) is 0 Å². The highest BCUT2D eigenvalue weighted by Crippen LogP contribution is 2.52. The second-order valence-electron chi connectivity index (χ2n) is 2.71. The van der Waals surface area contributed by atoms with Gasteiger partial charge in [0.15, 0.2) is 0 Å². The van der Waals surface area contributed by atoms with E-state index >= 15 is 0 Å². The third kappa shape index (κ3) is 0.706. The molecule has 1 aliphatic carbocycles. The van der Waals surface area contributed by atoms with E-state index in [1.54, 1.807) is 0 Å². The topological polar surface area (TPSA) is 26.3 Å². The Morgan fingerprint density at radius 1 is 1.90 bits per heavy atom. The predicted octanol–water partition coefficient (Wildman–Crippen LogP) is 0.819. The Hall–Kier alpha value is -0.970. The Balaban J connectivity index is 2.72. The molecule has 10 heavy (non-hydrogen) atoms. The van der Waals surface area contributed by atoms with E-state index in [0.29, 0.717) is 5.92 Å². The Morgan fingerprint density at radius 3 is 2.50 bits per heavy atom. The number of carbonyl (C=O) groups is 1. The number of esters is 1. The number of ether oxygens (including phenoxy) is 1. The summed E-state index contributed by atoms with van der Waals surface area (Å²) in [7, 11) is 1.37. The van der Waals surface area contributed by atoms with Crippen molar-refractivity contribution in [1.29, 1.82) is 0 Å². The van der Waals surface area contributed by atoms with E-state index in [-0.39, 0.29) is 5.97 Å². The first-order valence-electron chi connectivity index (χ1n) is 3.23. The molecule has 0 heterocycles. The molecule has 1 saturated carbocycles. The van der Waals surface area contributed by atoms with Crippen LogP contribution in [0.25, 0.3) is 0 Å². The highest BCUT2D eigenvalue weighted by atomic mass is 16.5. The van der Waals surface area contributed by atoms with Crippen molar-refractivity contribution in [2.75, 3.05) is 7.11 Å². The molecule has 2 nitrogen and oxygen atoms in total. The predicted molar refractivity (Wildman–Crippen MR) is 37.1 cm³/mol. The number of rotatable bonds is 1. The van der Waals surface area contributed by atoms with Gasteiger partial charge in [-0.3, -0.25) is 4.79 Å². The van der Waals surface area contributed by atoms with Crippen LogP contribution in [0, 0.1) is 23.7 Å². The van der Waals surface area contributed by atoms with Crippen molar-refractivity contribution < 1.29 is 9.53 Å². The first-order valence-corrected chi connectivity index (χ1v) is 3.23. The maximum Gasteiger partial charge on any atom is 0.324 e. The van der Waals surface area contributed by atoms with Gasteiger partial charge in [0.2, 0.25) is 0 Å². The van der Waals surface area contributed by atoms with E-state index in [4.69, 9.17) is 6.42 Å². The number of terminal acetylenes is 1. The zero-order chi connectivity index (χ0) is 7.78. The fourth-order valence-electron chi connectivity index (χ4n) is 1.15. The van der Waals surface area contributed by atoms with Crippen LogP contribution in [0.4, 0.5) is 0 Å². The molecule has 0 N–H and O–H groups in total. The molecule has 0 aliphatic heterocycles. The lowest BCUT2D eigenvalue weighted by molar-refractivity contribution is -0.145. The summed E-state index contributed by atoms with van der Waals surface area (Å²) < 4.78 is 4.56. The highest BCUT2D eigenvalue weighted by molar-refractivity contribution is 5.84. The van der Waals surface area contributed by atoms with Gasteiger partial charge < -0.3 is 4.74 Å². The third-order valence-electron chi connectivity index (χ3n) is 2.12. The maximum absolute atomic E-state index is 11.0. The minimum absolute atomic E-state index is 0.262. The molecule has 0 unspecified atom stereocenters. The van der Waals surface area contributed by atoms with Crippen LogP contribution < -0.4 is 0 Å². The number of methoxy groups -OCH3 is 1.